The van der Waals surface area contributed by atoms with Gasteiger partial charge in [-0.15, -0.1) is 0 Å². The van der Waals surface area contributed by atoms with Crippen molar-refractivity contribution in [2.45, 2.75) is 98.8 Å². The number of ether oxygens (including phenoxy) is 1. The van der Waals surface area contributed by atoms with Crippen molar-refractivity contribution in [3.05, 3.63) is 77.4 Å². The smallest absolute Gasteiger partial charge is 0.408 e. The molecule has 3 aromatic rings. The molecule has 0 radical (unpaired) electrons. The second kappa shape index (κ2) is 15.0. The molecule has 2 unspecified atom stereocenters. The SMILES string of the molecule is CCCCCCN(C(=O)C(NC(=O)OC(C)(C)C)C(C)C)C(C(=O)Nc1ccc2ccccc2c1)c1ccc(C)cc1C. The molecule has 0 fully saturated rings. The Morgan fingerprint density at radius 1 is 0.884 bits per heavy atom. The summed E-state index contributed by atoms with van der Waals surface area (Å²) in [6.45, 7) is 15.6. The van der Waals surface area contributed by atoms with Crippen LogP contribution >= 0.6 is 0 Å². The van der Waals surface area contributed by atoms with E-state index in [-0.39, 0.29) is 17.7 Å². The van der Waals surface area contributed by atoms with Crippen LogP contribution in [-0.2, 0) is 14.3 Å². The average Bonchev–Trinajstić information content (AvgIpc) is 2.92. The largest absolute Gasteiger partial charge is 0.444 e. The lowest BCUT2D eigenvalue weighted by atomic mass is 9.94. The first kappa shape index (κ1) is 33.6. The number of unbranched alkanes of at least 4 members (excludes halogenated alkanes) is 3. The Balaban J connectivity index is 2.06. The zero-order valence-corrected chi connectivity index (χ0v) is 27.1. The van der Waals surface area contributed by atoms with Crippen LogP contribution in [0.1, 0.15) is 90.0 Å². The van der Waals surface area contributed by atoms with E-state index in [0.29, 0.717) is 12.2 Å². The highest BCUT2D eigenvalue weighted by molar-refractivity contribution is 6.00. The number of nitrogens with one attached hydrogen (secondary N) is 2. The number of carbonyl (C=O) groups excluding carboxylic acids is 3. The average molecular weight is 588 g/mol. The van der Waals surface area contributed by atoms with Crippen LogP contribution in [0.15, 0.2) is 60.7 Å². The normalized spacial score (nSPS) is 13.0. The van der Waals surface area contributed by atoms with Crippen molar-refractivity contribution < 1.29 is 19.1 Å². The fourth-order valence-corrected chi connectivity index (χ4v) is 5.26. The number of carbonyl (C=O) groups is 3. The number of rotatable bonds is 12. The number of aryl methyl sites for hydroxylation is 2. The molecule has 0 aliphatic carbocycles. The van der Waals surface area contributed by atoms with Crippen molar-refractivity contribution in [1.82, 2.24) is 10.2 Å². The molecule has 2 N–H and O–H groups in total. The topological polar surface area (TPSA) is 87.7 Å². The summed E-state index contributed by atoms with van der Waals surface area (Å²) in [6.07, 6.45) is 3.09. The number of benzene rings is 3. The van der Waals surface area contributed by atoms with Crippen LogP contribution in [0.4, 0.5) is 10.5 Å². The summed E-state index contributed by atoms with van der Waals surface area (Å²) in [6, 6.07) is 18.0. The van der Waals surface area contributed by atoms with Gasteiger partial charge < -0.3 is 20.3 Å². The van der Waals surface area contributed by atoms with E-state index in [4.69, 9.17) is 4.74 Å². The van der Waals surface area contributed by atoms with E-state index in [1.54, 1.807) is 25.7 Å². The monoisotopic (exact) mass is 587 g/mol. The minimum Gasteiger partial charge on any atom is -0.444 e. The summed E-state index contributed by atoms with van der Waals surface area (Å²) in [5.41, 5.74) is 2.70. The Morgan fingerprint density at radius 2 is 1.58 bits per heavy atom. The highest BCUT2D eigenvalue weighted by Gasteiger charge is 2.38. The molecule has 43 heavy (non-hydrogen) atoms. The van der Waals surface area contributed by atoms with Crippen LogP contribution in [-0.4, -0.2) is 41.0 Å². The standard InChI is InChI=1S/C36H49N3O4/c1-9-10-11-14-21-39(34(41)31(24(2)3)38-35(42)43-36(6,7)8)32(30-20-17-25(4)22-26(30)5)33(40)37-29-19-18-27-15-12-13-16-28(27)23-29/h12-13,15-20,22-24,31-32H,9-11,14,21H2,1-8H3,(H,37,40)(H,38,42). The van der Waals surface area contributed by atoms with Gasteiger partial charge in [0.2, 0.25) is 5.91 Å². The van der Waals surface area contributed by atoms with E-state index in [2.05, 4.69) is 17.6 Å². The van der Waals surface area contributed by atoms with Gasteiger partial charge in [-0.25, -0.2) is 4.79 Å². The molecule has 0 saturated carbocycles. The van der Waals surface area contributed by atoms with Crippen molar-refractivity contribution >= 4 is 34.4 Å². The minimum atomic E-state index is -0.900. The quantitative estimate of drug-likeness (QED) is 0.210. The Bertz CT molecular complexity index is 1410. The van der Waals surface area contributed by atoms with E-state index in [9.17, 15) is 14.4 Å². The molecular formula is C36H49N3O4. The number of alkyl carbamates (subject to hydrolysis) is 1. The number of hydrogen-bond acceptors (Lipinski definition) is 4. The highest BCUT2D eigenvalue weighted by atomic mass is 16.6. The Kier molecular flexibility index (Phi) is 11.8. The lowest BCUT2D eigenvalue weighted by molar-refractivity contribution is -0.141. The van der Waals surface area contributed by atoms with Gasteiger partial charge >= 0.3 is 6.09 Å². The van der Waals surface area contributed by atoms with Gasteiger partial charge in [0.1, 0.15) is 17.7 Å². The predicted octanol–water partition coefficient (Wildman–Crippen LogP) is 8.09. The predicted molar refractivity (Wildman–Crippen MR) is 175 cm³/mol. The summed E-state index contributed by atoms with van der Waals surface area (Å²) < 4.78 is 5.50. The van der Waals surface area contributed by atoms with Crippen molar-refractivity contribution in [2.24, 2.45) is 5.92 Å². The molecule has 0 aliphatic heterocycles. The number of anilines is 1. The molecule has 3 amide bonds. The molecule has 0 saturated heterocycles. The van der Waals surface area contributed by atoms with E-state index in [1.165, 1.54) is 0 Å². The molecule has 0 bridgehead atoms. The van der Waals surface area contributed by atoms with Crippen LogP contribution in [0.2, 0.25) is 0 Å². The molecule has 0 aromatic heterocycles. The Morgan fingerprint density at radius 3 is 2.21 bits per heavy atom. The van der Waals surface area contributed by atoms with E-state index in [0.717, 1.165) is 53.1 Å². The van der Waals surface area contributed by atoms with Crippen LogP contribution in [0.3, 0.4) is 0 Å². The first-order valence-electron chi connectivity index (χ1n) is 15.5. The summed E-state index contributed by atoms with van der Waals surface area (Å²) >= 11 is 0. The molecule has 232 valence electrons. The van der Waals surface area contributed by atoms with Crippen LogP contribution in [0, 0.1) is 19.8 Å². The summed E-state index contributed by atoms with van der Waals surface area (Å²) in [5.74, 6) is -0.844. The number of hydrogen-bond donors (Lipinski definition) is 2. The molecular weight excluding hydrogens is 538 g/mol. The first-order valence-corrected chi connectivity index (χ1v) is 15.5. The van der Waals surface area contributed by atoms with Crippen molar-refractivity contribution in [1.29, 1.82) is 0 Å². The summed E-state index contributed by atoms with van der Waals surface area (Å²) in [5, 5.41) is 8.00. The van der Waals surface area contributed by atoms with Gasteiger partial charge in [0, 0.05) is 12.2 Å². The fourth-order valence-electron chi connectivity index (χ4n) is 5.26. The third-order valence-electron chi connectivity index (χ3n) is 7.44. The van der Waals surface area contributed by atoms with Gasteiger partial charge in [-0.05, 0) is 81.0 Å². The first-order chi connectivity index (χ1) is 20.3. The third-order valence-corrected chi connectivity index (χ3v) is 7.44. The number of amides is 3. The van der Waals surface area contributed by atoms with Crippen LogP contribution in [0.5, 0.6) is 0 Å². The maximum atomic E-state index is 14.5. The maximum Gasteiger partial charge on any atom is 0.408 e. The Hall–Kier alpha value is -3.87. The van der Waals surface area contributed by atoms with Crippen LogP contribution in [0.25, 0.3) is 10.8 Å². The van der Waals surface area contributed by atoms with Gasteiger partial charge in [0.15, 0.2) is 0 Å². The van der Waals surface area contributed by atoms with E-state index in [1.807, 2.05) is 88.4 Å². The van der Waals surface area contributed by atoms with Crippen molar-refractivity contribution in [3.8, 4) is 0 Å². The lowest BCUT2D eigenvalue weighted by Crippen LogP contribution is -2.54. The molecule has 2 atom stereocenters. The lowest BCUT2D eigenvalue weighted by Gasteiger charge is -2.36. The Labute approximate surface area is 257 Å². The molecule has 0 heterocycles. The van der Waals surface area contributed by atoms with Gasteiger partial charge in [-0.1, -0.05) is 94.1 Å². The highest BCUT2D eigenvalue weighted by Crippen LogP contribution is 2.30. The summed E-state index contributed by atoms with van der Waals surface area (Å²) in [7, 11) is 0. The summed E-state index contributed by atoms with van der Waals surface area (Å²) in [4.78, 5) is 43.2. The van der Waals surface area contributed by atoms with Gasteiger partial charge in [0.25, 0.3) is 5.91 Å². The molecule has 7 heteroatoms. The second-order valence-electron chi connectivity index (χ2n) is 12.8. The van der Waals surface area contributed by atoms with Crippen LogP contribution < -0.4 is 10.6 Å². The third kappa shape index (κ3) is 9.57. The maximum absolute atomic E-state index is 14.5. The zero-order chi connectivity index (χ0) is 31.7. The molecule has 3 aromatic carbocycles. The molecule has 7 nitrogen and oxygen atoms in total. The van der Waals surface area contributed by atoms with E-state index < -0.39 is 23.8 Å². The minimum absolute atomic E-state index is 0.235. The zero-order valence-electron chi connectivity index (χ0n) is 27.1. The van der Waals surface area contributed by atoms with Gasteiger partial charge in [-0.2, -0.15) is 0 Å². The van der Waals surface area contributed by atoms with Gasteiger partial charge in [0.05, 0.1) is 0 Å². The number of nitrogens with zero attached hydrogens (tertiary/aromatic N) is 1. The molecule has 0 aliphatic rings. The van der Waals surface area contributed by atoms with Crippen molar-refractivity contribution in [3.63, 3.8) is 0 Å². The van der Waals surface area contributed by atoms with E-state index >= 15 is 0 Å². The molecule has 0 spiro atoms. The second-order valence-corrected chi connectivity index (χ2v) is 12.8. The number of fused-ring (bicyclic) bond motifs is 1. The molecule has 3 rings (SSSR count). The van der Waals surface area contributed by atoms with Crippen molar-refractivity contribution in [2.75, 3.05) is 11.9 Å². The van der Waals surface area contributed by atoms with Gasteiger partial charge in [-0.3, -0.25) is 9.59 Å². The fraction of sp³-hybridized carbons (Fsp3) is 0.472.